The van der Waals surface area contributed by atoms with E-state index < -0.39 is 30.6 Å². The van der Waals surface area contributed by atoms with E-state index in [2.05, 4.69) is 0 Å². The van der Waals surface area contributed by atoms with Crippen LogP contribution in [0.5, 0.6) is 0 Å². The molecule has 3 N–H and O–H groups in total. The summed E-state index contributed by atoms with van der Waals surface area (Å²) >= 11 is 0. The van der Waals surface area contributed by atoms with Gasteiger partial charge in [-0.25, -0.2) is 4.79 Å². The zero-order chi connectivity index (χ0) is 13.9. The molecule has 1 aliphatic heterocycles. The maximum absolute atomic E-state index is 11.7. The fourth-order valence-corrected chi connectivity index (χ4v) is 1.92. The van der Waals surface area contributed by atoms with Crippen LogP contribution in [-0.2, 0) is 9.47 Å². The van der Waals surface area contributed by atoms with Crippen LogP contribution in [0.4, 0.5) is 0 Å². The molecule has 19 heavy (non-hydrogen) atoms. The van der Waals surface area contributed by atoms with Gasteiger partial charge in [0, 0.05) is 6.42 Å². The van der Waals surface area contributed by atoms with Crippen molar-refractivity contribution in [1.82, 2.24) is 0 Å². The molecule has 1 aliphatic rings. The highest BCUT2D eigenvalue weighted by atomic mass is 16.7. The maximum Gasteiger partial charge on any atom is 0.338 e. The van der Waals surface area contributed by atoms with Crippen molar-refractivity contribution < 1.29 is 29.6 Å². The highest BCUT2D eigenvalue weighted by Crippen LogP contribution is 2.28. The van der Waals surface area contributed by atoms with Gasteiger partial charge in [0.15, 0.2) is 0 Å². The summed E-state index contributed by atoms with van der Waals surface area (Å²) in [4.78, 5) is 11.7. The summed E-state index contributed by atoms with van der Waals surface area (Å²) in [5.74, 6) is -2.47. The quantitative estimate of drug-likeness (QED) is 0.647. The molecule has 0 saturated carbocycles. The van der Waals surface area contributed by atoms with E-state index in [9.17, 15) is 15.0 Å². The Hall–Kier alpha value is -1.47. The van der Waals surface area contributed by atoms with Crippen LogP contribution in [0.3, 0.4) is 0 Å². The Kier molecular flexibility index (Phi) is 4.16. The Labute approximate surface area is 110 Å². The highest BCUT2D eigenvalue weighted by Gasteiger charge is 2.46. The number of carbonyl (C=O) groups is 1. The molecule has 0 radical (unpaired) electrons. The number of hydrogen-bond donors (Lipinski definition) is 3. The van der Waals surface area contributed by atoms with Crippen LogP contribution in [0.15, 0.2) is 30.3 Å². The number of benzene rings is 1. The molecule has 0 spiro atoms. The standard InChI is InChI=1S/C13H16O6/c14-8-13(17)11(15)6-10(19-13)7-18-12(16)9-4-2-1-3-5-9/h1-5,10-11,14-15,17H,6-8H2/t10-,11-,13?/m0/s1. The molecule has 0 aliphatic carbocycles. The van der Waals surface area contributed by atoms with Crippen LogP contribution in [0.2, 0.25) is 0 Å². The van der Waals surface area contributed by atoms with Crippen LogP contribution in [0.1, 0.15) is 16.8 Å². The van der Waals surface area contributed by atoms with E-state index in [1.807, 2.05) is 0 Å². The lowest BCUT2D eigenvalue weighted by molar-refractivity contribution is -0.247. The minimum Gasteiger partial charge on any atom is -0.459 e. The number of carbonyl (C=O) groups excluding carboxylic acids is 1. The average Bonchev–Trinajstić information content (AvgIpc) is 2.73. The Morgan fingerprint density at radius 2 is 2.11 bits per heavy atom. The van der Waals surface area contributed by atoms with Crippen LogP contribution < -0.4 is 0 Å². The first kappa shape index (κ1) is 14.0. The summed E-state index contributed by atoms with van der Waals surface area (Å²) < 4.78 is 10.1. The Morgan fingerprint density at radius 1 is 1.42 bits per heavy atom. The molecule has 0 bridgehead atoms. The van der Waals surface area contributed by atoms with Gasteiger partial charge in [0.05, 0.1) is 18.3 Å². The van der Waals surface area contributed by atoms with Crippen molar-refractivity contribution in [1.29, 1.82) is 0 Å². The fourth-order valence-electron chi connectivity index (χ4n) is 1.92. The third-order valence-corrected chi connectivity index (χ3v) is 3.01. The van der Waals surface area contributed by atoms with Gasteiger partial charge in [0.2, 0.25) is 5.79 Å². The summed E-state index contributed by atoms with van der Waals surface area (Å²) in [7, 11) is 0. The monoisotopic (exact) mass is 268 g/mol. The summed E-state index contributed by atoms with van der Waals surface area (Å²) in [5.41, 5.74) is 0.415. The van der Waals surface area contributed by atoms with Crippen LogP contribution in [0.25, 0.3) is 0 Å². The summed E-state index contributed by atoms with van der Waals surface area (Å²) in [6.45, 7) is -0.801. The minimum absolute atomic E-state index is 0.0902. The first-order valence-electron chi connectivity index (χ1n) is 5.96. The molecule has 1 aromatic rings. The SMILES string of the molecule is O=C(OC[C@@H]1C[C@H](O)C(O)(CO)O1)c1ccccc1. The second kappa shape index (κ2) is 5.66. The molecule has 6 nitrogen and oxygen atoms in total. The molecule has 1 unspecified atom stereocenters. The van der Waals surface area contributed by atoms with Crippen molar-refractivity contribution in [3.63, 3.8) is 0 Å². The number of rotatable bonds is 4. The summed E-state index contributed by atoms with van der Waals surface area (Å²) in [5, 5.41) is 28.1. The smallest absolute Gasteiger partial charge is 0.338 e. The zero-order valence-corrected chi connectivity index (χ0v) is 10.2. The Balaban J connectivity index is 1.86. The lowest BCUT2D eigenvalue weighted by atomic mass is 10.1. The number of aliphatic hydroxyl groups is 3. The predicted molar refractivity (Wildman–Crippen MR) is 64.3 cm³/mol. The Bertz CT molecular complexity index is 434. The number of ether oxygens (including phenoxy) is 2. The van der Waals surface area contributed by atoms with Gasteiger partial charge in [0.25, 0.3) is 0 Å². The van der Waals surface area contributed by atoms with Crippen molar-refractivity contribution in [2.45, 2.75) is 24.4 Å². The number of aliphatic hydroxyl groups excluding tert-OH is 2. The molecule has 1 fully saturated rings. The summed E-state index contributed by atoms with van der Waals surface area (Å²) in [6, 6.07) is 8.47. The van der Waals surface area contributed by atoms with Gasteiger partial charge in [-0.3, -0.25) is 0 Å². The molecule has 1 saturated heterocycles. The van der Waals surface area contributed by atoms with Crippen molar-refractivity contribution in [2.24, 2.45) is 0 Å². The van der Waals surface area contributed by atoms with Crippen molar-refractivity contribution >= 4 is 5.97 Å². The maximum atomic E-state index is 11.7. The van der Waals surface area contributed by atoms with E-state index in [1.165, 1.54) is 0 Å². The topological polar surface area (TPSA) is 96.2 Å². The zero-order valence-electron chi connectivity index (χ0n) is 10.2. The van der Waals surface area contributed by atoms with Gasteiger partial charge in [0.1, 0.15) is 12.7 Å². The van der Waals surface area contributed by atoms with E-state index in [-0.39, 0.29) is 13.0 Å². The number of hydrogen-bond acceptors (Lipinski definition) is 6. The molecule has 0 amide bonds. The molecule has 2 rings (SSSR count). The molecule has 3 atom stereocenters. The second-order valence-corrected chi connectivity index (χ2v) is 4.46. The van der Waals surface area contributed by atoms with E-state index in [1.54, 1.807) is 30.3 Å². The van der Waals surface area contributed by atoms with Crippen LogP contribution >= 0.6 is 0 Å². The fraction of sp³-hybridized carbons (Fsp3) is 0.462. The van der Waals surface area contributed by atoms with Crippen molar-refractivity contribution in [3.8, 4) is 0 Å². The van der Waals surface area contributed by atoms with E-state index >= 15 is 0 Å². The molecular formula is C13H16O6. The van der Waals surface area contributed by atoms with Crippen molar-refractivity contribution in [3.05, 3.63) is 35.9 Å². The lowest BCUT2D eigenvalue weighted by Crippen LogP contribution is -2.43. The molecule has 1 aromatic carbocycles. The summed E-state index contributed by atoms with van der Waals surface area (Å²) in [6.07, 6.45) is -1.74. The minimum atomic E-state index is -1.97. The third-order valence-electron chi connectivity index (χ3n) is 3.01. The molecule has 6 heteroatoms. The largest absolute Gasteiger partial charge is 0.459 e. The lowest BCUT2D eigenvalue weighted by Gasteiger charge is -2.23. The van der Waals surface area contributed by atoms with Gasteiger partial charge in [-0.15, -0.1) is 0 Å². The normalized spacial score (nSPS) is 30.3. The molecule has 104 valence electrons. The Morgan fingerprint density at radius 3 is 2.68 bits per heavy atom. The first-order valence-corrected chi connectivity index (χ1v) is 5.96. The second-order valence-electron chi connectivity index (χ2n) is 4.46. The van der Waals surface area contributed by atoms with E-state index in [0.29, 0.717) is 5.56 Å². The molecular weight excluding hydrogens is 252 g/mol. The van der Waals surface area contributed by atoms with Crippen LogP contribution in [-0.4, -0.2) is 52.5 Å². The van der Waals surface area contributed by atoms with Crippen LogP contribution in [0, 0.1) is 0 Å². The van der Waals surface area contributed by atoms with Crippen molar-refractivity contribution in [2.75, 3.05) is 13.2 Å². The van der Waals surface area contributed by atoms with E-state index in [0.717, 1.165) is 0 Å². The first-order chi connectivity index (χ1) is 9.05. The van der Waals surface area contributed by atoms with Gasteiger partial charge >= 0.3 is 5.97 Å². The molecule has 0 aromatic heterocycles. The predicted octanol–water partition coefficient (Wildman–Crippen LogP) is -0.326. The van der Waals surface area contributed by atoms with E-state index in [4.69, 9.17) is 14.6 Å². The van der Waals surface area contributed by atoms with Gasteiger partial charge < -0.3 is 24.8 Å². The highest BCUT2D eigenvalue weighted by molar-refractivity contribution is 5.89. The average molecular weight is 268 g/mol. The molecule has 1 heterocycles. The van der Waals surface area contributed by atoms with Gasteiger partial charge in [-0.1, -0.05) is 18.2 Å². The third kappa shape index (κ3) is 3.10. The van der Waals surface area contributed by atoms with Gasteiger partial charge in [-0.2, -0.15) is 0 Å². The number of esters is 1. The van der Waals surface area contributed by atoms with Gasteiger partial charge in [-0.05, 0) is 12.1 Å².